The van der Waals surface area contributed by atoms with Gasteiger partial charge in [0.2, 0.25) is 10.0 Å². The predicted molar refractivity (Wildman–Crippen MR) is 95.6 cm³/mol. The van der Waals surface area contributed by atoms with E-state index in [0.717, 1.165) is 23.4 Å². The fourth-order valence-corrected chi connectivity index (χ4v) is 4.89. The molecule has 1 atom stereocenters. The summed E-state index contributed by atoms with van der Waals surface area (Å²) in [5.74, 6) is 0.232. The minimum atomic E-state index is -3.17. The summed E-state index contributed by atoms with van der Waals surface area (Å²) in [4.78, 5) is 13.1. The molecule has 1 aliphatic heterocycles. The maximum Gasteiger partial charge on any atom is 0.266 e. The third-order valence-electron chi connectivity index (χ3n) is 4.31. The highest BCUT2D eigenvalue weighted by Crippen LogP contribution is 2.23. The Kier molecular flexibility index (Phi) is 5.17. The number of hydrogen-bond donors (Lipinski definition) is 0. The molecule has 0 N–H and O–H groups in total. The second-order valence-electron chi connectivity index (χ2n) is 5.98. The molecule has 0 unspecified atom stereocenters. The molecule has 0 amide bonds. The van der Waals surface area contributed by atoms with E-state index >= 15 is 0 Å². The Labute approximate surface area is 145 Å². The molecule has 0 aliphatic carbocycles. The van der Waals surface area contributed by atoms with Crippen molar-refractivity contribution in [2.75, 3.05) is 18.8 Å². The van der Waals surface area contributed by atoms with Crippen LogP contribution in [0.5, 0.6) is 0 Å². The zero-order valence-electron chi connectivity index (χ0n) is 13.6. The average Bonchev–Trinajstić information content (AvgIpc) is 3.12. The minimum absolute atomic E-state index is 0.115. The van der Waals surface area contributed by atoms with E-state index in [1.807, 2.05) is 17.5 Å². The van der Waals surface area contributed by atoms with Crippen molar-refractivity contribution in [1.29, 1.82) is 0 Å². The Balaban J connectivity index is 1.78. The summed E-state index contributed by atoms with van der Waals surface area (Å²) in [5.41, 5.74) is 0.629. The van der Waals surface area contributed by atoms with Crippen LogP contribution in [0, 0.1) is 5.92 Å². The molecule has 24 heavy (non-hydrogen) atoms. The van der Waals surface area contributed by atoms with Crippen molar-refractivity contribution in [2.45, 2.75) is 26.3 Å². The lowest BCUT2D eigenvalue weighted by molar-refractivity contribution is 0.237. The number of hydrogen-bond acceptors (Lipinski definition) is 5. The summed E-state index contributed by atoms with van der Waals surface area (Å²) in [6, 6.07) is 7.19. The Morgan fingerprint density at radius 1 is 1.33 bits per heavy atom. The van der Waals surface area contributed by atoms with Gasteiger partial charge in [0.1, 0.15) is 5.69 Å². The van der Waals surface area contributed by atoms with Crippen LogP contribution in [0.2, 0.25) is 0 Å². The summed E-state index contributed by atoms with van der Waals surface area (Å²) in [5, 5.41) is 6.44. The zero-order chi connectivity index (χ0) is 17.2. The van der Waals surface area contributed by atoms with Gasteiger partial charge in [-0.15, -0.1) is 11.3 Å². The van der Waals surface area contributed by atoms with Crippen LogP contribution < -0.4 is 5.56 Å². The molecule has 2 aromatic rings. The second kappa shape index (κ2) is 7.16. The van der Waals surface area contributed by atoms with Crippen molar-refractivity contribution in [3.05, 3.63) is 40.0 Å². The van der Waals surface area contributed by atoms with E-state index in [0.29, 0.717) is 19.6 Å². The van der Waals surface area contributed by atoms with Gasteiger partial charge >= 0.3 is 0 Å². The van der Waals surface area contributed by atoms with Crippen molar-refractivity contribution >= 4 is 21.4 Å². The molecule has 0 aromatic carbocycles. The van der Waals surface area contributed by atoms with Gasteiger partial charge in [-0.25, -0.2) is 17.4 Å². The van der Waals surface area contributed by atoms with Crippen molar-refractivity contribution in [1.82, 2.24) is 14.1 Å². The van der Waals surface area contributed by atoms with Gasteiger partial charge in [0, 0.05) is 25.7 Å². The molecule has 3 rings (SSSR count). The summed E-state index contributed by atoms with van der Waals surface area (Å²) in [7, 11) is -3.17. The smallest absolute Gasteiger partial charge is 0.266 e. The third-order valence-corrected chi connectivity index (χ3v) is 7.05. The Bertz CT molecular complexity index is 844. The average molecular weight is 367 g/mol. The van der Waals surface area contributed by atoms with Gasteiger partial charge in [-0.3, -0.25) is 4.79 Å². The fraction of sp³-hybridized carbons (Fsp3) is 0.500. The van der Waals surface area contributed by atoms with Crippen LogP contribution in [-0.4, -0.2) is 41.3 Å². The van der Waals surface area contributed by atoms with Gasteiger partial charge in [0.15, 0.2) is 0 Å². The standard InChI is InChI=1S/C16H21N3O3S2/c1-2-24(21,22)18-9-3-5-13(11-18)12-19-16(20)8-7-14(17-19)15-6-4-10-23-15/h4,6-8,10,13H,2-3,5,9,11-12H2,1H3/t13-/m1/s1. The highest BCUT2D eigenvalue weighted by Gasteiger charge is 2.28. The van der Waals surface area contributed by atoms with Crippen LogP contribution >= 0.6 is 11.3 Å². The maximum atomic E-state index is 12.1. The van der Waals surface area contributed by atoms with Crippen molar-refractivity contribution < 1.29 is 8.42 Å². The highest BCUT2D eigenvalue weighted by atomic mass is 32.2. The van der Waals surface area contributed by atoms with E-state index in [1.54, 1.807) is 28.6 Å². The summed E-state index contributed by atoms with van der Waals surface area (Å²) in [6.07, 6.45) is 1.73. The maximum absolute atomic E-state index is 12.1. The summed E-state index contributed by atoms with van der Waals surface area (Å²) < 4.78 is 27.2. The lowest BCUT2D eigenvalue weighted by atomic mass is 10.00. The van der Waals surface area contributed by atoms with Gasteiger partial charge in [-0.05, 0) is 43.2 Å². The van der Waals surface area contributed by atoms with E-state index < -0.39 is 10.0 Å². The van der Waals surface area contributed by atoms with E-state index in [9.17, 15) is 13.2 Å². The molecule has 0 bridgehead atoms. The number of thiophene rings is 1. The molecule has 0 spiro atoms. The Morgan fingerprint density at radius 2 is 2.17 bits per heavy atom. The lowest BCUT2D eigenvalue weighted by Crippen LogP contribution is -2.42. The molecule has 130 valence electrons. The zero-order valence-corrected chi connectivity index (χ0v) is 15.2. The second-order valence-corrected chi connectivity index (χ2v) is 9.19. The summed E-state index contributed by atoms with van der Waals surface area (Å²) >= 11 is 1.58. The monoisotopic (exact) mass is 367 g/mol. The molecular weight excluding hydrogens is 346 g/mol. The minimum Gasteiger partial charge on any atom is -0.268 e. The molecule has 0 saturated carbocycles. The number of aromatic nitrogens is 2. The van der Waals surface area contributed by atoms with Crippen molar-refractivity contribution in [2.24, 2.45) is 5.92 Å². The molecule has 1 aliphatic rings. The Hall–Kier alpha value is -1.51. The molecule has 0 radical (unpaired) electrons. The molecule has 6 nitrogen and oxygen atoms in total. The molecule has 1 saturated heterocycles. The number of rotatable bonds is 5. The third kappa shape index (κ3) is 3.76. The topological polar surface area (TPSA) is 72.3 Å². The van der Waals surface area contributed by atoms with Crippen LogP contribution in [0.3, 0.4) is 0 Å². The fourth-order valence-electron chi connectivity index (χ4n) is 2.99. The highest BCUT2D eigenvalue weighted by molar-refractivity contribution is 7.89. The van der Waals surface area contributed by atoms with E-state index in [2.05, 4.69) is 5.10 Å². The molecule has 8 heteroatoms. The molecular formula is C16H21N3O3S2. The first kappa shape index (κ1) is 17.3. The SMILES string of the molecule is CCS(=O)(=O)N1CCC[C@@H](Cn2nc(-c3cccs3)ccc2=O)C1. The van der Waals surface area contributed by atoms with Gasteiger partial charge < -0.3 is 0 Å². The van der Waals surface area contributed by atoms with Gasteiger partial charge in [-0.1, -0.05) is 6.07 Å². The molecule has 1 fully saturated rings. The van der Waals surface area contributed by atoms with E-state index in [1.165, 1.54) is 10.7 Å². The van der Waals surface area contributed by atoms with Gasteiger partial charge in [0.05, 0.1) is 10.6 Å². The number of piperidine rings is 1. The van der Waals surface area contributed by atoms with E-state index in [-0.39, 0.29) is 17.2 Å². The van der Waals surface area contributed by atoms with Crippen molar-refractivity contribution in [3.8, 4) is 10.6 Å². The lowest BCUT2D eigenvalue weighted by Gasteiger charge is -2.31. The largest absolute Gasteiger partial charge is 0.268 e. The quantitative estimate of drug-likeness (QED) is 0.811. The Morgan fingerprint density at radius 3 is 2.88 bits per heavy atom. The van der Waals surface area contributed by atoms with Crippen molar-refractivity contribution in [3.63, 3.8) is 0 Å². The molecule has 3 heterocycles. The van der Waals surface area contributed by atoms with E-state index in [4.69, 9.17) is 0 Å². The molecule has 2 aromatic heterocycles. The van der Waals surface area contributed by atoms with Crippen LogP contribution in [0.15, 0.2) is 34.4 Å². The normalized spacial score (nSPS) is 19.5. The predicted octanol–water partition coefficient (Wildman–Crippen LogP) is 2.03. The van der Waals surface area contributed by atoms with Gasteiger partial charge in [-0.2, -0.15) is 5.10 Å². The van der Waals surface area contributed by atoms with Crippen LogP contribution in [0.4, 0.5) is 0 Å². The first-order chi connectivity index (χ1) is 11.5. The van der Waals surface area contributed by atoms with Crippen LogP contribution in [0.1, 0.15) is 19.8 Å². The van der Waals surface area contributed by atoms with Gasteiger partial charge in [0.25, 0.3) is 5.56 Å². The van der Waals surface area contributed by atoms with Crippen LogP contribution in [0.25, 0.3) is 10.6 Å². The summed E-state index contributed by atoms with van der Waals surface area (Å²) in [6.45, 7) is 3.15. The first-order valence-electron chi connectivity index (χ1n) is 8.09. The number of nitrogens with zero attached hydrogens (tertiary/aromatic N) is 3. The number of sulfonamides is 1. The van der Waals surface area contributed by atoms with Crippen LogP contribution in [-0.2, 0) is 16.6 Å². The first-order valence-corrected chi connectivity index (χ1v) is 10.6.